The number of rotatable bonds is 10. The number of fused-ring (bicyclic) bond motifs is 2. The normalized spacial score (nSPS) is 11.6. The number of para-hydroxylation sites is 1. The van der Waals surface area contributed by atoms with Gasteiger partial charge in [-0.3, -0.25) is 0 Å². The second kappa shape index (κ2) is 12.4. The molecule has 1 aromatic heterocycles. The first-order valence-corrected chi connectivity index (χ1v) is 14.1. The van der Waals surface area contributed by atoms with E-state index in [0.29, 0.717) is 19.4 Å². The van der Waals surface area contributed by atoms with E-state index in [9.17, 15) is 9.90 Å². The van der Waals surface area contributed by atoms with Crippen LogP contribution in [-0.2, 0) is 6.42 Å². The molecule has 0 saturated carbocycles. The highest BCUT2D eigenvalue weighted by Crippen LogP contribution is 2.29. The van der Waals surface area contributed by atoms with Crippen molar-refractivity contribution < 1.29 is 14.6 Å². The van der Waals surface area contributed by atoms with E-state index in [1.807, 2.05) is 66.7 Å². The predicted octanol–water partition coefficient (Wildman–Crippen LogP) is 9.37. The Labute approximate surface area is 245 Å². The summed E-state index contributed by atoms with van der Waals surface area (Å²) in [4.78, 5) is 15.4. The van der Waals surface area contributed by atoms with Crippen molar-refractivity contribution in [2.24, 2.45) is 0 Å². The minimum absolute atomic E-state index is 0.241. The SMILES string of the molecule is O=C(O)c1[nH]c2c(/C=C/c3ccc(/C=C/c4ccccc4)cc3)cccc2c1CCCOc1cccc2ccccc12. The van der Waals surface area contributed by atoms with Crippen molar-refractivity contribution in [1.82, 2.24) is 4.98 Å². The number of hydrogen-bond donors (Lipinski definition) is 2. The van der Waals surface area contributed by atoms with Gasteiger partial charge in [-0.2, -0.15) is 0 Å². The summed E-state index contributed by atoms with van der Waals surface area (Å²) >= 11 is 0. The van der Waals surface area contributed by atoms with Gasteiger partial charge in [0.1, 0.15) is 11.4 Å². The van der Waals surface area contributed by atoms with Crippen LogP contribution in [0.5, 0.6) is 5.75 Å². The molecule has 5 aromatic carbocycles. The number of aromatic carboxylic acids is 1. The molecule has 0 aliphatic heterocycles. The van der Waals surface area contributed by atoms with Crippen LogP contribution in [0.25, 0.3) is 46.0 Å². The van der Waals surface area contributed by atoms with Crippen LogP contribution in [0.3, 0.4) is 0 Å². The van der Waals surface area contributed by atoms with Gasteiger partial charge in [-0.15, -0.1) is 0 Å². The lowest BCUT2D eigenvalue weighted by atomic mass is 10.0. The number of H-pyrrole nitrogens is 1. The predicted molar refractivity (Wildman–Crippen MR) is 174 cm³/mol. The van der Waals surface area contributed by atoms with E-state index in [1.54, 1.807) is 0 Å². The summed E-state index contributed by atoms with van der Waals surface area (Å²) in [5.74, 6) is -0.108. The second-order valence-corrected chi connectivity index (χ2v) is 10.2. The Morgan fingerprint density at radius 2 is 1.29 bits per heavy atom. The standard InChI is InChI=1S/C38H31NO3/c40-38(41)37-34(16-8-26-42-35-17-7-12-30-11-4-5-14-32(30)35)33-15-6-13-31(36(33)39-37)25-24-29-22-20-28(21-23-29)19-18-27-9-2-1-3-10-27/h1-7,9-15,17-25,39H,8,16,26H2,(H,40,41)/b19-18+,25-24+. The van der Waals surface area contributed by atoms with Gasteiger partial charge < -0.3 is 14.8 Å². The number of carbonyl (C=O) groups is 1. The van der Waals surface area contributed by atoms with Crippen LogP contribution in [0, 0.1) is 0 Å². The zero-order valence-electron chi connectivity index (χ0n) is 23.2. The number of hydrogen-bond acceptors (Lipinski definition) is 2. The van der Waals surface area contributed by atoms with E-state index in [1.165, 1.54) is 0 Å². The van der Waals surface area contributed by atoms with Gasteiger partial charge in [0.05, 0.1) is 12.1 Å². The molecule has 0 aliphatic carbocycles. The van der Waals surface area contributed by atoms with E-state index < -0.39 is 5.97 Å². The highest BCUT2D eigenvalue weighted by molar-refractivity contribution is 6.01. The highest BCUT2D eigenvalue weighted by atomic mass is 16.5. The molecular formula is C38H31NO3. The van der Waals surface area contributed by atoms with Crippen molar-refractivity contribution >= 4 is 51.9 Å². The van der Waals surface area contributed by atoms with Crippen LogP contribution >= 0.6 is 0 Å². The van der Waals surface area contributed by atoms with Crippen LogP contribution in [0.15, 0.2) is 115 Å². The molecule has 206 valence electrons. The Morgan fingerprint density at radius 1 is 0.667 bits per heavy atom. The summed E-state index contributed by atoms with van der Waals surface area (Å²) in [6.07, 6.45) is 9.58. The van der Waals surface area contributed by atoms with Crippen LogP contribution in [0.2, 0.25) is 0 Å². The van der Waals surface area contributed by atoms with Gasteiger partial charge in [0.2, 0.25) is 0 Å². The molecule has 0 amide bonds. The maximum atomic E-state index is 12.2. The first-order chi connectivity index (χ1) is 20.7. The molecule has 0 aliphatic rings. The maximum Gasteiger partial charge on any atom is 0.352 e. The van der Waals surface area contributed by atoms with E-state index in [4.69, 9.17) is 4.74 Å². The fourth-order valence-corrected chi connectivity index (χ4v) is 5.29. The molecular weight excluding hydrogens is 518 g/mol. The molecule has 6 aromatic rings. The molecule has 6 rings (SSSR count). The lowest BCUT2D eigenvalue weighted by molar-refractivity contribution is 0.0690. The monoisotopic (exact) mass is 549 g/mol. The van der Waals surface area contributed by atoms with Gasteiger partial charge >= 0.3 is 5.97 Å². The maximum absolute atomic E-state index is 12.2. The molecule has 0 bridgehead atoms. The molecule has 0 saturated heterocycles. The summed E-state index contributed by atoms with van der Waals surface area (Å²) < 4.78 is 6.11. The number of nitrogens with one attached hydrogen (secondary N) is 1. The first kappa shape index (κ1) is 26.9. The molecule has 0 atom stereocenters. The smallest absolute Gasteiger partial charge is 0.352 e. The Balaban J connectivity index is 1.16. The number of carboxylic acids is 1. The number of carboxylic acid groups (broad SMARTS) is 1. The van der Waals surface area contributed by atoms with Gasteiger partial charge in [0.25, 0.3) is 0 Å². The molecule has 0 spiro atoms. The molecule has 42 heavy (non-hydrogen) atoms. The summed E-state index contributed by atoms with van der Waals surface area (Å²) in [7, 11) is 0. The summed E-state index contributed by atoms with van der Waals surface area (Å²) in [5, 5.41) is 13.1. The summed E-state index contributed by atoms with van der Waals surface area (Å²) in [6, 6.07) is 38.7. The number of aromatic amines is 1. The van der Waals surface area contributed by atoms with Crippen molar-refractivity contribution in [1.29, 1.82) is 0 Å². The fraction of sp³-hybridized carbons (Fsp3) is 0.0789. The highest BCUT2D eigenvalue weighted by Gasteiger charge is 2.18. The van der Waals surface area contributed by atoms with E-state index >= 15 is 0 Å². The molecule has 2 N–H and O–H groups in total. The molecule has 0 unspecified atom stereocenters. The second-order valence-electron chi connectivity index (χ2n) is 10.2. The minimum atomic E-state index is -0.953. The van der Waals surface area contributed by atoms with Crippen molar-refractivity contribution in [3.8, 4) is 5.75 Å². The number of aryl methyl sites for hydroxylation is 1. The average Bonchev–Trinajstić information content (AvgIpc) is 3.42. The molecule has 1 heterocycles. The number of aromatic nitrogens is 1. The van der Waals surface area contributed by atoms with Gasteiger partial charge in [-0.1, -0.05) is 133 Å². The average molecular weight is 550 g/mol. The van der Waals surface area contributed by atoms with Crippen LogP contribution in [0.1, 0.15) is 44.7 Å². The van der Waals surface area contributed by atoms with Gasteiger partial charge in [-0.05, 0) is 52.1 Å². The Morgan fingerprint density at radius 3 is 2.05 bits per heavy atom. The first-order valence-electron chi connectivity index (χ1n) is 14.1. The largest absolute Gasteiger partial charge is 0.493 e. The van der Waals surface area contributed by atoms with Crippen molar-refractivity contribution in [2.45, 2.75) is 12.8 Å². The van der Waals surface area contributed by atoms with E-state index in [-0.39, 0.29) is 5.69 Å². The van der Waals surface area contributed by atoms with Gasteiger partial charge in [0, 0.05) is 10.8 Å². The zero-order chi connectivity index (χ0) is 28.7. The lowest BCUT2D eigenvalue weighted by Crippen LogP contribution is -2.04. The topological polar surface area (TPSA) is 62.3 Å². The van der Waals surface area contributed by atoms with Crippen LogP contribution < -0.4 is 4.74 Å². The van der Waals surface area contributed by atoms with E-state index in [0.717, 1.165) is 55.2 Å². The van der Waals surface area contributed by atoms with Crippen LogP contribution in [0.4, 0.5) is 0 Å². The van der Waals surface area contributed by atoms with Gasteiger partial charge in [0.15, 0.2) is 0 Å². The minimum Gasteiger partial charge on any atom is -0.493 e. The summed E-state index contributed by atoms with van der Waals surface area (Å²) in [5.41, 5.74) is 6.19. The third-order valence-corrected chi connectivity index (χ3v) is 7.43. The Hall–Kier alpha value is -5.35. The van der Waals surface area contributed by atoms with Crippen LogP contribution in [-0.4, -0.2) is 22.7 Å². The zero-order valence-corrected chi connectivity index (χ0v) is 23.2. The lowest BCUT2D eigenvalue weighted by Gasteiger charge is -2.09. The number of benzene rings is 5. The van der Waals surface area contributed by atoms with Crippen molar-refractivity contribution in [3.05, 3.63) is 149 Å². The molecule has 0 fully saturated rings. The quantitative estimate of drug-likeness (QED) is 0.132. The summed E-state index contributed by atoms with van der Waals surface area (Å²) in [6.45, 7) is 0.496. The van der Waals surface area contributed by atoms with E-state index in [2.05, 4.69) is 77.8 Å². The van der Waals surface area contributed by atoms with Crippen molar-refractivity contribution in [2.75, 3.05) is 6.61 Å². The molecule has 0 radical (unpaired) electrons. The molecule has 4 nitrogen and oxygen atoms in total. The Kier molecular flexibility index (Phi) is 7.96. The molecule has 4 heteroatoms. The third-order valence-electron chi connectivity index (χ3n) is 7.43. The fourth-order valence-electron chi connectivity index (χ4n) is 5.29. The third kappa shape index (κ3) is 6.03. The van der Waals surface area contributed by atoms with Gasteiger partial charge in [-0.25, -0.2) is 4.79 Å². The Bertz CT molecular complexity index is 1890. The number of ether oxygens (including phenoxy) is 1. The van der Waals surface area contributed by atoms with Crippen molar-refractivity contribution in [3.63, 3.8) is 0 Å².